The SMILES string of the molecule is CC1Sc2ccc(NCCO)cc2NC1=O. The molecule has 0 saturated heterocycles. The highest BCUT2D eigenvalue weighted by atomic mass is 32.2. The van der Waals surface area contributed by atoms with Gasteiger partial charge in [-0.15, -0.1) is 11.8 Å². The fourth-order valence-corrected chi connectivity index (χ4v) is 2.45. The molecule has 0 aliphatic carbocycles. The predicted molar refractivity (Wildman–Crippen MR) is 66.0 cm³/mol. The van der Waals surface area contributed by atoms with E-state index in [4.69, 9.17) is 5.11 Å². The van der Waals surface area contributed by atoms with Gasteiger partial charge in [0, 0.05) is 17.1 Å². The standard InChI is InChI=1S/C11H14N2O2S/c1-7-11(15)13-9-6-8(12-4-5-14)2-3-10(9)16-7/h2-3,6-7,12,14H,4-5H2,1H3,(H,13,15). The van der Waals surface area contributed by atoms with Gasteiger partial charge in [0.25, 0.3) is 0 Å². The Morgan fingerprint density at radius 2 is 2.38 bits per heavy atom. The molecule has 1 aromatic carbocycles. The van der Waals surface area contributed by atoms with Gasteiger partial charge in [-0.2, -0.15) is 0 Å². The summed E-state index contributed by atoms with van der Waals surface area (Å²) in [4.78, 5) is 12.6. The Kier molecular flexibility index (Phi) is 3.36. The zero-order valence-corrected chi connectivity index (χ0v) is 9.80. The van der Waals surface area contributed by atoms with Crippen LogP contribution in [0.3, 0.4) is 0 Å². The Hall–Kier alpha value is -1.20. The molecule has 1 heterocycles. The van der Waals surface area contributed by atoms with Crippen molar-refractivity contribution in [1.29, 1.82) is 0 Å². The molecular formula is C11H14N2O2S. The largest absolute Gasteiger partial charge is 0.395 e. The third-order valence-electron chi connectivity index (χ3n) is 2.35. The highest BCUT2D eigenvalue weighted by Gasteiger charge is 2.22. The van der Waals surface area contributed by atoms with E-state index in [2.05, 4.69) is 10.6 Å². The average Bonchev–Trinajstić information content (AvgIpc) is 2.28. The van der Waals surface area contributed by atoms with Crippen LogP contribution in [0.4, 0.5) is 11.4 Å². The first-order chi connectivity index (χ1) is 7.70. The van der Waals surface area contributed by atoms with E-state index in [-0.39, 0.29) is 17.8 Å². The molecule has 1 aromatic rings. The second-order valence-corrected chi connectivity index (χ2v) is 4.99. The number of anilines is 2. The number of nitrogens with one attached hydrogen (secondary N) is 2. The summed E-state index contributed by atoms with van der Waals surface area (Å²) in [6.45, 7) is 2.49. The van der Waals surface area contributed by atoms with Crippen molar-refractivity contribution in [3.05, 3.63) is 18.2 Å². The smallest absolute Gasteiger partial charge is 0.237 e. The van der Waals surface area contributed by atoms with E-state index in [0.717, 1.165) is 16.3 Å². The lowest BCUT2D eigenvalue weighted by atomic mass is 10.2. The lowest BCUT2D eigenvalue weighted by Crippen LogP contribution is -2.26. The molecule has 0 aromatic heterocycles. The molecule has 1 amide bonds. The van der Waals surface area contributed by atoms with Crippen LogP contribution in [0.1, 0.15) is 6.92 Å². The van der Waals surface area contributed by atoms with Gasteiger partial charge in [-0.3, -0.25) is 4.79 Å². The van der Waals surface area contributed by atoms with Gasteiger partial charge in [-0.05, 0) is 25.1 Å². The van der Waals surface area contributed by atoms with E-state index >= 15 is 0 Å². The number of thioether (sulfide) groups is 1. The number of fused-ring (bicyclic) bond motifs is 1. The number of hydrogen-bond donors (Lipinski definition) is 3. The van der Waals surface area contributed by atoms with Crippen molar-refractivity contribution in [2.24, 2.45) is 0 Å². The molecule has 0 saturated carbocycles. The van der Waals surface area contributed by atoms with Gasteiger partial charge in [0.15, 0.2) is 0 Å². The van der Waals surface area contributed by atoms with E-state index in [9.17, 15) is 4.79 Å². The highest BCUT2D eigenvalue weighted by Crippen LogP contribution is 2.36. The van der Waals surface area contributed by atoms with Crippen molar-refractivity contribution < 1.29 is 9.90 Å². The predicted octanol–water partition coefficient (Wildman–Crippen LogP) is 1.52. The van der Waals surface area contributed by atoms with E-state index in [1.165, 1.54) is 0 Å². The van der Waals surface area contributed by atoms with Crippen molar-refractivity contribution in [2.75, 3.05) is 23.8 Å². The molecule has 1 aliphatic rings. The number of aliphatic hydroxyl groups is 1. The van der Waals surface area contributed by atoms with Crippen molar-refractivity contribution in [3.8, 4) is 0 Å². The van der Waals surface area contributed by atoms with E-state index in [1.54, 1.807) is 11.8 Å². The summed E-state index contributed by atoms with van der Waals surface area (Å²) in [5.41, 5.74) is 1.75. The molecule has 4 nitrogen and oxygen atoms in total. The van der Waals surface area contributed by atoms with Crippen LogP contribution in [-0.2, 0) is 4.79 Å². The van der Waals surface area contributed by atoms with Crippen LogP contribution >= 0.6 is 11.8 Å². The Balaban J connectivity index is 2.19. The number of benzene rings is 1. The molecule has 0 spiro atoms. The Morgan fingerprint density at radius 1 is 1.56 bits per heavy atom. The minimum Gasteiger partial charge on any atom is -0.395 e. The number of rotatable bonds is 3. The van der Waals surface area contributed by atoms with Crippen LogP contribution in [0.25, 0.3) is 0 Å². The zero-order chi connectivity index (χ0) is 11.5. The van der Waals surface area contributed by atoms with Crippen molar-refractivity contribution in [1.82, 2.24) is 0 Å². The molecule has 0 radical (unpaired) electrons. The van der Waals surface area contributed by atoms with Crippen LogP contribution in [0.2, 0.25) is 0 Å². The quantitative estimate of drug-likeness (QED) is 0.747. The summed E-state index contributed by atoms with van der Waals surface area (Å²) in [7, 11) is 0. The molecule has 5 heteroatoms. The van der Waals surface area contributed by atoms with Crippen molar-refractivity contribution in [2.45, 2.75) is 17.1 Å². The van der Waals surface area contributed by atoms with Crippen LogP contribution in [-0.4, -0.2) is 29.4 Å². The second kappa shape index (κ2) is 4.76. The van der Waals surface area contributed by atoms with Gasteiger partial charge in [0.1, 0.15) is 0 Å². The van der Waals surface area contributed by atoms with E-state index in [0.29, 0.717) is 6.54 Å². The first-order valence-electron chi connectivity index (χ1n) is 5.17. The molecular weight excluding hydrogens is 224 g/mol. The number of amides is 1. The molecule has 0 fully saturated rings. The van der Waals surface area contributed by atoms with Gasteiger partial charge in [-0.1, -0.05) is 0 Å². The Labute approximate surface area is 98.4 Å². The summed E-state index contributed by atoms with van der Waals surface area (Å²) >= 11 is 1.56. The van der Waals surface area contributed by atoms with Gasteiger partial charge in [-0.25, -0.2) is 0 Å². The first kappa shape index (κ1) is 11.3. The topological polar surface area (TPSA) is 61.4 Å². The number of aliphatic hydroxyl groups excluding tert-OH is 1. The molecule has 3 N–H and O–H groups in total. The maximum atomic E-state index is 11.5. The van der Waals surface area contributed by atoms with Gasteiger partial charge in [0.05, 0.1) is 17.5 Å². The molecule has 0 bridgehead atoms. The maximum absolute atomic E-state index is 11.5. The third kappa shape index (κ3) is 2.31. The highest BCUT2D eigenvalue weighted by molar-refractivity contribution is 8.00. The minimum absolute atomic E-state index is 0.0382. The minimum atomic E-state index is -0.0382. The lowest BCUT2D eigenvalue weighted by molar-refractivity contribution is -0.115. The number of hydrogen-bond acceptors (Lipinski definition) is 4. The molecule has 1 unspecified atom stereocenters. The first-order valence-corrected chi connectivity index (χ1v) is 6.05. The molecule has 2 rings (SSSR count). The number of carbonyl (C=O) groups is 1. The van der Waals surface area contributed by atoms with Gasteiger partial charge >= 0.3 is 0 Å². The van der Waals surface area contributed by atoms with E-state index < -0.39 is 0 Å². The molecule has 86 valence electrons. The summed E-state index contributed by atoms with van der Waals surface area (Å²) in [5, 5.41) is 14.6. The number of carbonyl (C=O) groups excluding carboxylic acids is 1. The summed E-state index contributed by atoms with van der Waals surface area (Å²) in [5.74, 6) is 0.0387. The third-order valence-corrected chi connectivity index (χ3v) is 3.53. The van der Waals surface area contributed by atoms with Crippen LogP contribution in [0, 0.1) is 0 Å². The maximum Gasteiger partial charge on any atom is 0.237 e. The normalized spacial score (nSPS) is 18.9. The summed E-state index contributed by atoms with van der Waals surface area (Å²) in [6, 6.07) is 5.82. The Bertz CT molecular complexity index is 409. The zero-order valence-electron chi connectivity index (χ0n) is 8.99. The van der Waals surface area contributed by atoms with E-state index in [1.807, 2.05) is 25.1 Å². The van der Waals surface area contributed by atoms with Crippen LogP contribution in [0.5, 0.6) is 0 Å². The van der Waals surface area contributed by atoms with Gasteiger partial charge in [0.2, 0.25) is 5.91 Å². The molecule has 1 atom stereocenters. The fraction of sp³-hybridized carbons (Fsp3) is 0.364. The van der Waals surface area contributed by atoms with Crippen LogP contribution < -0.4 is 10.6 Å². The van der Waals surface area contributed by atoms with Crippen LogP contribution in [0.15, 0.2) is 23.1 Å². The fourth-order valence-electron chi connectivity index (χ4n) is 1.52. The second-order valence-electron chi connectivity index (χ2n) is 3.61. The van der Waals surface area contributed by atoms with Crippen molar-refractivity contribution >= 4 is 29.0 Å². The molecule has 16 heavy (non-hydrogen) atoms. The van der Waals surface area contributed by atoms with Crippen molar-refractivity contribution in [3.63, 3.8) is 0 Å². The van der Waals surface area contributed by atoms with Gasteiger partial charge < -0.3 is 15.7 Å². The average molecular weight is 238 g/mol. The summed E-state index contributed by atoms with van der Waals surface area (Å²) in [6.07, 6.45) is 0. The monoisotopic (exact) mass is 238 g/mol. The lowest BCUT2D eigenvalue weighted by Gasteiger charge is -2.22. The summed E-state index contributed by atoms with van der Waals surface area (Å²) < 4.78 is 0. The molecule has 1 aliphatic heterocycles. The Morgan fingerprint density at radius 3 is 3.12 bits per heavy atom.